The van der Waals surface area contributed by atoms with Crippen molar-refractivity contribution >= 4 is 0 Å². The number of benzene rings is 1. The summed E-state index contributed by atoms with van der Waals surface area (Å²) in [6.45, 7) is 4.31. The van der Waals surface area contributed by atoms with E-state index < -0.39 is 0 Å². The summed E-state index contributed by atoms with van der Waals surface area (Å²) in [6.07, 6.45) is 23.5. The van der Waals surface area contributed by atoms with Crippen LogP contribution in [0.2, 0.25) is 0 Å². The molecule has 1 N–H and O–H groups in total. The molecule has 0 fully saturated rings. The molecule has 1 nitrogen and oxygen atoms in total. The molecule has 0 saturated carbocycles. The molecule has 0 aliphatic heterocycles. The molecule has 0 heterocycles. The highest BCUT2D eigenvalue weighted by Gasteiger charge is 2.01. The molecule has 0 aromatic heterocycles. The van der Waals surface area contributed by atoms with Crippen molar-refractivity contribution in [3.8, 4) is 5.75 Å². The van der Waals surface area contributed by atoms with Crippen LogP contribution in [0, 0.1) is 6.92 Å². The third-order valence-corrected chi connectivity index (χ3v) is 5.54. The zero-order valence-corrected chi connectivity index (χ0v) is 17.7. The number of rotatable bonds is 17. The number of aryl methyl sites for hydroxylation is 2. The van der Waals surface area contributed by atoms with E-state index >= 15 is 0 Å². The van der Waals surface area contributed by atoms with E-state index in [1.54, 1.807) is 0 Å². The normalized spacial score (nSPS) is 11.2. The average Bonchev–Trinajstić information content (AvgIpc) is 2.63. The molecular formula is C25H44O. The number of hydrogen-bond acceptors (Lipinski definition) is 1. The van der Waals surface area contributed by atoms with Crippen LogP contribution in [0.5, 0.6) is 5.75 Å². The van der Waals surface area contributed by atoms with E-state index in [9.17, 15) is 5.11 Å². The Morgan fingerprint density at radius 1 is 0.615 bits per heavy atom. The van der Waals surface area contributed by atoms with Gasteiger partial charge in [-0.2, -0.15) is 0 Å². The summed E-state index contributed by atoms with van der Waals surface area (Å²) >= 11 is 0. The molecule has 0 bridgehead atoms. The Labute approximate surface area is 163 Å². The fraction of sp³-hybridized carbons (Fsp3) is 0.760. The summed E-state index contributed by atoms with van der Waals surface area (Å²) in [4.78, 5) is 0. The molecule has 0 amide bonds. The van der Waals surface area contributed by atoms with Gasteiger partial charge in [-0.05, 0) is 37.0 Å². The lowest BCUT2D eigenvalue weighted by atomic mass is 10.0. The quantitative estimate of drug-likeness (QED) is 0.276. The van der Waals surface area contributed by atoms with Crippen molar-refractivity contribution in [2.24, 2.45) is 0 Å². The number of phenols is 1. The monoisotopic (exact) mass is 360 g/mol. The van der Waals surface area contributed by atoms with Gasteiger partial charge in [0.05, 0.1) is 0 Å². The van der Waals surface area contributed by atoms with Crippen LogP contribution in [0.25, 0.3) is 0 Å². The number of unbranched alkanes of at least 4 members (excludes halogenated alkanes) is 15. The lowest BCUT2D eigenvalue weighted by Gasteiger charge is -2.06. The second-order valence-electron chi connectivity index (χ2n) is 8.19. The smallest absolute Gasteiger partial charge is 0.119 e. The number of aromatic hydroxyl groups is 1. The van der Waals surface area contributed by atoms with Gasteiger partial charge in [0.15, 0.2) is 0 Å². The molecule has 1 heteroatoms. The van der Waals surface area contributed by atoms with Gasteiger partial charge in [-0.25, -0.2) is 0 Å². The van der Waals surface area contributed by atoms with Crippen LogP contribution in [0.15, 0.2) is 18.2 Å². The Morgan fingerprint density at radius 2 is 1.04 bits per heavy atom. The van der Waals surface area contributed by atoms with Gasteiger partial charge in [-0.3, -0.25) is 0 Å². The zero-order valence-electron chi connectivity index (χ0n) is 17.7. The highest BCUT2D eigenvalue weighted by atomic mass is 16.3. The third-order valence-electron chi connectivity index (χ3n) is 5.54. The minimum Gasteiger partial charge on any atom is -0.508 e. The molecule has 26 heavy (non-hydrogen) atoms. The first-order chi connectivity index (χ1) is 12.7. The van der Waals surface area contributed by atoms with Crippen molar-refractivity contribution in [1.29, 1.82) is 0 Å². The lowest BCUT2D eigenvalue weighted by molar-refractivity contribution is 0.465. The van der Waals surface area contributed by atoms with E-state index in [1.165, 1.54) is 103 Å². The van der Waals surface area contributed by atoms with Crippen LogP contribution in [0.4, 0.5) is 0 Å². The first-order valence-corrected chi connectivity index (χ1v) is 11.5. The number of hydrogen-bond donors (Lipinski definition) is 1. The zero-order chi connectivity index (χ0) is 18.9. The van der Waals surface area contributed by atoms with Gasteiger partial charge in [0.2, 0.25) is 0 Å². The molecule has 1 aromatic rings. The van der Waals surface area contributed by atoms with Crippen molar-refractivity contribution < 1.29 is 5.11 Å². The van der Waals surface area contributed by atoms with Gasteiger partial charge in [-0.1, -0.05) is 115 Å². The van der Waals surface area contributed by atoms with Crippen molar-refractivity contribution in [3.05, 3.63) is 29.3 Å². The predicted molar refractivity (Wildman–Crippen MR) is 116 cm³/mol. The van der Waals surface area contributed by atoms with E-state index in [4.69, 9.17) is 0 Å². The molecule has 0 aliphatic carbocycles. The lowest BCUT2D eigenvalue weighted by Crippen LogP contribution is -1.88. The van der Waals surface area contributed by atoms with Crippen LogP contribution < -0.4 is 0 Å². The van der Waals surface area contributed by atoms with Crippen LogP contribution in [0.3, 0.4) is 0 Å². The minimum atomic E-state index is 0.478. The summed E-state index contributed by atoms with van der Waals surface area (Å²) in [7, 11) is 0. The van der Waals surface area contributed by atoms with E-state index in [0.29, 0.717) is 5.75 Å². The maximum Gasteiger partial charge on any atom is 0.119 e. The highest BCUT2D eigenvalue weighted by Crippen LogP contribution is 2.21. The van der Waals surface area contributed by atoms with Crippen molar-refractivity contribution in [2.45, 2.75) is 123 Å². The summed E-state index contributed by atoms with van der Waals surface area (Å²) in [5, 5.41) is 9.92. The second-order valence-corrected chi connectivity index (χ2v) is 8.19. The van der Waals surface area contributed by atoms with Crippen molar-refractivity contribution in [3.63, 3.8) is 0 Å². The van der Waals surface area contributed by atoms with Crippen LogP contribution in [-0.2, 0) is 6.42 Å². The SMILES string of the molecule is CCCCCCCCCCCCCCCCCCc1ccc(C)cc1O. The van der Waals surface area contributed by atoms with Gasteiger partial charge < -0.3 is 5.11 Å². The van der Waals surface area contributed by atoms with Crippen molar-refractivity contribution in [2.75, 3.05) is 0 Å². The predicted octanol–water partition coefficient (Wildman–Crippen LogP) is 8.50. The minimum absolute atomic E-state index is 0.478. The van der Waals surface area contributed by atoms with Crippen LogP contribution in [0.1, 0.15) is 121 Å². The summed E-state index contributed by atoms with van der Waals surface area (Å²) in [5.41, 5.74) is 2.25. The van der Waals surface area contributed by atoms with Gasteiger partial charge in [0, 0.05) is 0 Å². The van der Waals surface area contributed by atoms with Gasteiger partial charge in [0.1, 0.15) is 5.75 Å². The fourth-order valence-electron chi connectivity index (χ4n) is 3.75. The first kappa shape index (κ1) is 23.1. The average molecular weight is 361 g/mol. The second kappa shape index (κ2) is 16.2. The summed E-state index contributed by atoms with van der Waals surface area (Å²) in [5.74, 6) is 0.478. The van der Waals surface area contributed by atoms with Gasteiger partial charge in [-0.15, -0.1) is 0 Å². The molecule has 1 rings (SSSR count). The Morgan fingerprint density at radius 3 is 1.46 bits per heavy atom. The topological polar surface area (TPSA) is 20.2 Å². The Bertz CT molecular complexity index is 438. The standard InChI is InChI=1S/C25H44O/c1-3-4-5-6-7-8-9-10-11-12-13-14-15-16-17-18-19-24-21-20-23(2)22-25(24)26/h20-22,26H,3-19H2,1-2H3. The third kappa shape index (κ3) is 12.4. The number of phenolic OH excluding ortho intramolecular Hbond substituents is 1. The largest absolute Gasteiger partial charge is 0.508 e. The van der Waals surface area contributed by atoms with E-state index in [-0.39, 0.29) is 0 Å². The molecule has 150 valence electrons. The molecule has 0 spiro atoms. The molecule has 1 aromatic carbocycles. The molecule has 0 radical (unpaired) electrons. The Balaban J connectivity index is 1.79. The van der Waals surface area contributed by atoms with E-state index in [1.807, 2.05) is 13.0 Å². The molecule has 0 saturated heterocycles. The molecular weight excluding hydrogens is 316 g/mol. The fourth-order valence-corrected chi connectivity index (χ4v) is 3.75. The van der Waals surface area contributed by atoms with E-state index in [2.05, 4.69) is 19.1 Å². The van der Waals surface area contributed by atoms with Crippen LogP contribution >= 0.6 is 0 Å². The molecule has 0 aliphatic rings. The first-order valence-electron chi connectivity index (χ1n) is 11.5. The van der Waals surface area contributed by atoms with E-state index in [0.717, 1.165) is 17.5 Å². The van der Waals surface area contributed by atoms with Gasteiger partial charge >= 0.3 is 0 Å². The molecule has 0 atom stereocenters. The van der Waals surface area contributed by atoms with Crippen molar-refractivity contribution in [1.82, 2.24) is 0 Å². The highest BCUT2D eigenvalue weighted by molar-refractivity contribution is 5.35. The summed E-state index contributed by atoms with van der Waals surface area (Å²) < 4.78 is 0. The Hall–Kier alpha value is -0.980. The summed E-state index contributed by atoms with van der Waals surface area (Å²) in [6, 6.07) is 6.05. The van der Waals surface area contributed by atoms with Gasteiger partial charge in [0.25, 0.3) is 0 Å². The maximum atomic E-state index is 9.92. The van der Waals surface area contributed by atoms with Crippen LogP contribution in [-0.4, -0.2) is 5.11 Å². The molecule has 0 unspecified atom stereocenters. The Kier molecular flexibility index (Phi) is 14.4. The maximum absolute atomic E-state index is 9.92.